The predicted molar refractivity (Wildman–Crippen MR) is 63.4 cm³/mol. The molecule has 1 aliphatic rings. The Morgan fingerprint density at radius 3 is 2.59 bits per heavy atom. The van der Waals surface area contributed by atoms with Crippen LogP contribution in [0.4, 0.5) is 0 Å². The van der Waals surface area contributed by atoms with Crippen LogP contribution in [-0.2, 0) is 9.53 Å². The molecule has 0 bridgehead atoms. The summed E-state index contributed by atoms with van der Waals surface area (Å²) in [6, 6.07) is 0.0159. The average Bonchev–Trinajstić information content (AvgIpc) is 2.14. The van der Waals surface area contributed by atoms with E-state index in [9.17, 15) is 9.90 Å². The lowest BCUT2D eigenvalue weighted by Gasteiger charge is -2.31. The highest BCUT2D eigenvalue weighted by atomic mass is 16.6. The standard InChI is InChI=1S/C12H23NO4/c1-12(2,3)17-11(16)13-9-6-4-5-8(7-9)10(14)15/h8-9,11,13,16H,4-7H2,1-3H3,(H,14,15)/t8-,9-,11?/m1/s1. The molecule has 0 aromatic carbocycles. The van der Waals surface area contributed by atoms with Crippen LogP contribution in [0.3, 0.4) is 0 Å². The highest BCUT2D eigenvalue weighted by Crippen LogP contribution is 2.25. The highest BCUT2D eigenvalue weighted by molar-refractivity contribution is 5.70. The van der Waals surface area contributed by atoms with Gasteiger partial charge in [-0.25, -0.2) is 0 Å². The first-order valence-corrected chi connectivity index (χ1v) is 6.12. The van der Waals surface area contributed by atoms with E-state index in [2.05, 4.69) is 5.32 Å². The van der Waals surface area contributed by atoms with Gasteiger partial charge in [-0.05, 0) is 40.0 Å². The van der Waals surface area contributed by atoms with Gasteiger partial charge in [0.2, 0.25) is 6.41 Å². The number of rotatable bonds is 4. The predicted octanol–water partition coefficient (Wildman–Crippen LogP) is 1.31. The van der Waals surface area contributed by atoms with Gasteiger partial charge in [-0.15, -0.1) is 0 Å². The normalized spacial score (nSPS) is 27.8. The van der Waals surface area contributed by atoms with E-state index in [1.807, 2.05) is 20.8 Å². The summed E-state index contributed by atoms with van der Waals surface area (Å²) in [5.41, 5.74) is -0.423. The molecule has 5 heteroatoms. The first kappa shape index (κ1) is 14.4. The SMILES string of the molecule is CC(C)(C)OC(O)N[C@@H]1CCC[C@@H](C(=O)O)C1. The molecule has 1 rings (SSSR count). The Hall–Kier alpha value is -0.650. The van der Waals surface area contributed by atoms with E-state index < -0.39 is 18.0 Å². The zero-order chi connectivity index (χ0) is 13.1. The summed E-state index contributed by atoms with van der Waals surface area (Å²) in [6.45, 7) is 5.58. The molecule has 5 nitrogen and oxygen atoms in total. The van der Waals surface area contributed by atoms with Crippen LogP contribution >= 0.6 is 0 Å². The number of carbonyl (C=O) groups is 1. The second kappa shape index (κ2) is 5.80. The van der Waals surface area contributed by atoms with Crippen molar-refractivity contribution in [2.24, 2.45) is 5.92 Å². The number of ether oxygens (including phenoxy) is 1. The van der Waals surface area contributed by atoms with E-state index in [4.69, 9.17) is 9.84 Å². The van der Waals surface area contributed by atoms with Gasteiger partial charge in [0, 0.05) is 6.04 Å². The van der Waals surface area contributed by atoms with Crippen molar-refractivity contribution in [1.82, 2.24) is 5.32 Å². The maximum atomic E-state index is 10.9. The van der Waals surface area contributed by atoms with Crippen LogP contribution in [0, 0.1) is 5.92 Å². The summed E-state index contributed by atoms with van der Waals surface area (Å²) in [5.74, 6) is -1.05. The van der Waals surface area contributed by atoms with E-state index in [0.717, 1.165) is 19.3 Å². The molecule has 17 heavy (non-hydrogen) atoms. The quantitative estimate of drug-likeness (QED) is 0.651. The number of hydrogen-bond donors (Lipinski definition) is 3. The third kappa shape index (κ3) is 5.48. The topological polar surface area (TPSA) is 78.8 Å². The Labute approximate surface area is 102 Å². The van der Waals surface area contributed by atoms with Crippen LogP contribution in [0.1, 0.15) is 46.5 Å². The van der Waals surface area contributed by atoms with Crippen LogP contribution < -0.4 is 5.32 Å². The van der Waals surface area contributed by atoms with Crippen molar-refractivity contribution in [2.75, 3.05) is 0 Å². The molecular formula is C12H23NO4. The Bertz CT molecular complexity index is 262. The average molecular weight is 245 g/mol. The van der Waals surface area contributed by atoms with Crippen molar-refractivity contribution in [3.63, 3.8) is 0 Å². The van der Waals surface area contributed by atoms with Crippen LogP contribution in [0.5, 0.6) is 0 Å². The van der Waals surface area contributed by atoms with Gasteiger partial charge in [0.25, 0.3) is 0 Å². The number of carboxylic acids is 1. The molecule has 0 aliphatic heterocycles. The van der Waals surface area contributed by atoms with E-state index in [1.54, 1.807) is 0 Å². The fourth-order valence-electron chi connectivity index (χ4n) is 2.14. The molecule has 1 saturated carbocycles. The van der Waals surface area contributed by atoms with Gasteiger partial charge in [-0.3, -0.25) is 10.1 Å². The minimum atomic E-state index is -1.03. The second-order valence-electron chi connectivity index (χ2n) is 5.65. The van der Waals surface area contributed by atoms with Gasteiger partial charge >= 0.3 is 5.97 Å². The van der Waals surface area contributed by atoms with Gasteiger partial charge in [0.15, 0.2) is 0 Å². The molecule has 3 N–H and O–H groups in total. The number of aliphatic carboxylic acids is 1. The minimum absolute atomic E-state index is 0.0159. The number of carboxylic acid groups (broad SMARTS) is 1. The lowest BCUT2D eigenvalue weighted by molar-refractivity contribution is -0.187. The smallest absolute Gasteiger partial charge is 0.306 e. The molecule has 1 fully saturated rings. The van der Waals surface area contributed by atoms with E-state index >= 15 is 0 Å². The molecule has 1 aliphatic carbocycles. The van der Waals surface area contributed by atoms with Gasteiger partial charge < -0.3 is 14.9 Å². The van der Waals surface area contributed by atoms with Crippen LogP contribution in [-0.4, -0.2) is 34.2 Å². The fourth-order valence-corrected chi connectivity index (χ4v) is 2.14. The summed E-state index contributed by atoms with van der Waals surface area (Å²) >= 11 is 0. The van der Waals surface area contributed by atoms with Crippen LogP contribution in [0.15, 0.2) is 0 Å². The first-order valence-electron chi connectivity index (χ1n) is 6.12. The number of hydrogen-bond acceptors (Lipinski definition) is 4. The van der Waals surface area contributed by atoms with Crippen LogP contribution in [0.2, 0.25) is 0 Å². The summed E-state index contributed by atoms with van der Waals surface area (Å²) in [7, 11) is 0. The maximum absolute atomic E-state index is 10.9. The molecule has 0 saturated heterocycles. The van der Waals surface area contributed by atoms with Gasteiger partial charge in [0.05, 0.1) is 11.5 Å². The zero-order valence-corrected chi connectivity index (χ0v) is 10.8. The summed E-state index contributed by atoms with van der Waals surface area (Å²) in [5, 5.41) is 21.6. The second-order valence-corrected chi connectivity index (χ2v) is 5.65. The first-order chi connectivity index (χ1) is 7.78. The van der Waals surface area contributed by atoms with E-state index in [0.29, 0.717) is 6.42 Å². The summed E-state index contributed by atoms with van der Waals surface area (Å²) in [4.78, 5) is 10.9. The molecule has 1 unspecified atom stereocenters. The zero-order valence-electron chi connectivity index (χ0n) is 10.8. The molecule has 100 valence electrons. The number of nitrogens with one attached hydrogen (secondary N) is 1. The molecule has 0 amide bonds. The lowest BCUT2D eigenvalue weighted by atomic mass is 9.86. The lowest BCUT2D eigenvalue weighted by Crippen LogP contribution is -2.46. The third-order valence-electron chi connectivity index (χ3n) is 2.87. The van der Waals surface area contributed by atoms with Crippen molar-refractivity contribution >= 4 is 5.97 Å². The van der Waals surface area contributed by atoms with Gasteiger partial charge in [0.1, 0.15) is 0 Å². The minimum Gasteiger partial charge on any atom is -0.481 e. The molecule has 0 radical (unpaired) electrons. The fraction of sp³-hybridized carbons (Fsp3) is 0.917. The van der Waals surface area contributed by atoms with Crippen molar-refractivity contribution < 1.29 is 19.7 Å². The molecular weight excluding hydrogens is 222 g/mol. The molecule has 3 atom stereocenters. The monoisotopic (exact) mass is 245 g/mol. The third-order valence-corrected chi connectivity index (χ3v) is 2.87. The van der Waals surface area contributed by atoms with Crippen molar-refractivity contribution in [1.29, 1.82) is 0 Å². The Balaban J connectivity index is 2.38. The summed E-state index contributed by atoms with van der Waals surface area (Å²) < 4.78 is 5.33. The van der Waals surface area contributed by atoms with E-state index in [1.165, 1.54) is 0 Å². The van der Waals surface area contributed by atoms with Gasteiger partial charge in [-0.2, -0.15) is 0 Å². The number of aliphatic hydroxyl groups excluding tert-OH is 1. The molecule has 0 aromatic rings. The molecule has 0 heterocycles. The molecule has 0 spiro atoms. The summed E-state index contributed by atoms with van der Waals surface area (Å²) in [6.07, 6.45) is 2.00. The largest absolute Gasteiger partial charge is 0.481 e. The highest BCUT2D eigenvalue weighted by Gasteiger charge is 2.28. The van der Waals surface area contributed by atoms with Gasteiger partial charge in [-0.1, -0.05) is 6.42 Å². The Kier molecular flexibility index (Phi) is 4.91. The molecule has 0 aromatic heterocycles. The Morgan fingerprint density at radius 2 is 2.06 bits per heavy atom. The van der Waals surface area contributed by atoms with Crippen LogP contribution in [0.25, 0.3) is 0 Å². The Morgan fingerprint density at radius 1 is 1.41 bits per heavy atom. The van der Waals surface area contributed by atoms with Crippen molar-refractivity contribution in [3.05, 3.63) is 0 Å². The number of aliphatic hydroxyl groups is 1. The van der Waals surface area contributed by atoms with Crippen molar-refractivity contribution in [3.8, 4) is 0 Å². The van der Waals surface area contributed by atoms with Crippen molar-refractivity contribution in [2.45, 2.75) is 64.5 Å². The maximum Gasteiger partial charge on any atom is 0.306 e. The van der Waals surface area contributed by atoms with E-state index in [-0.39, 0.29) is 12.0 Å².